The van der Waals surface area contributed by atoms with E-state index >= 15 is 0 Å². The summed E-state index contributed by atoms with van der Waals surface area (Å²) in [6.45, 7) is 2.15. The van der Waals surface area contributed by atoms with Crippen molar-refractivity contribution < 1.29 is 8.78 Å². The van der Waals surface area contributed by atoms with Gasteiger partial charge in [-0.1, -0.05) is 37.7 Å². The zero-order chi connectivity index (χ0) is 15.1. The molecule has 0 bridgehead atoms. The molecular formula is C19H18F2. The Morgan fingerprint density at radius 1 is 0.905 bits per heavy atom. The monoisotopic (exact) mass is 284 g/mol. The summed E-state index contributed by atoms with van der Waals surface area (Å²) in [5.41, 5.74) is 2.05. The van der Waals surface area contributed by atoms with Crippen molar-refractivity contribution in [1.82, 2.24) is 0 Å². The van der Waals surface area contributed by atoms with Crippen LogP contribution in [0.2, 0.25) is 0 Å². The van der Waals surface area contributed by atoms with Crippen molar-refractivity contribution in [3.8, 4) is 11.8 Å². The first-order valence-corrected chi connectivity index (χ1v) is 7.25. The number of hydrogen-bond donors (Lipinski definition) is 0. The molecule has 2 rings (SSSR count). The van der Waals surface area contributed by atoms with Crippen molar-refractivity contribution in [3.05, 3.63) is 70.8 Å². The summed E-state index contributed by atoms with van der Waals surface area (Å²) in [5, 5.41) is 0. The van der Waals surface area contributed by atoms with Gasteiger partial charge in [-0.3, -0.25) is 0 Å². The van der Waals surface area contributed by atoms with E-state index in [0.29, 0.717) is 11.1 Å². The molecule has 2 heteroatoms. The van der Waals surface area contributed by atoms with Gasteiger partial charge in [0.2, 0.25) is 0 Å². The fourth-order valence-electron chi connectivity index (χ4n) is 2.07. The van der Waals surface area contributed by atoms with Crippen LogP contribution in [0.1, 0.15) is 42.9 Å². The van der Waals surface area contributed by atoms with Gasteiger partial charge >= 0.3 is 0 Å². The Morgan fingerprint density at radius 2 is 1.67 bits per heavy atom. The molecule has 0 fully saturated rings. The third-order valence-corrected chi connectivity index (χ3v) is 3.29. The highest BCUT2D eigenvalue weighted by atomic mass is 19.1. The number of aryl methyl sites for hydroxylation is 1. The second kappa shape index (κ2) is 7.59. The average Bonchev–Trinajstić information content (AvgIpc) is 2.48. The molecule has 0 saturated heterocycles. The van der Waals surface area contributed by atoms with Crippen LogP contribution in [0.3, 0.4) is 0 Å². The third kappa shape index (κ3) is 4.72. The molecule has 21 heavy (non-hydrogen) atoms. The summed E-state index contributed by atoms with van der Waals surface area (Å²) in [4.78, 5) is 0. The van der Waals surface area contributed by atoms with Crippen LogP contribution in [0.15, 0.2) is 42.5 Å². The fourth-order valence-corrected chi connectivity index (χ4v) is 2.07. The van der Waals surface area contributed by atoms with Crippen LogP contribution in [0.5, 0.6) is 0 Å². The number of unbranched alkanes of at least 4 members (excludes halogenated alkanes) is 2. The second-order valence-electron chi connectivity index (χ2n) is 5.03. The quantitative estimate of drug-likeness (QED) is 0.541. The lowest BCUT2D eigenvalue weighted by atomic mass is 10.0. The molecule has 0 spiro atoms. The van der Waals surface area contributed by atoms with Crippen molar-refractivity contribution in [2.75, 3.05) is 0 Å². The van der Waals surface area contributed by atoms with Crippen LogP contribution in [-0.2, 0) is 6.42 Å². The van der Waals surface area contributed by atoms with Gasteiger partial charge in [-0.2, -0.15) is 0 Å². The lowest BCUT2D eigenvalue weighted by Crippen LogP contribution is -1.90. The summed E-state index contributed by atoms with van der Waals surface area (Å²) in [7, 11) is 0. The molecule has 108 valence electrons. The van der Waals surface area contributed by atoms with E-state index in [0.717, 1.165) is 31.2 Å². The highest BCUT2D eigenvalue weighted by Crippen LogP contribution is 2.13. The molecule has 0 N–H and O–H groups in total. The zero-order valence-electron chi connectivity index (χ0n) is 12.1. The molecule has 0 aromatic heterocycles. The van der Waals surface area contributed by atoms with Gasteiger partial charge in [0, 0.05) is 5.56 Å². The van der Waals surface area contributed by atoms with Gasteiger partial charge in [0.1, 0.15) is 11.6 Å². The van der Waals surface area contributed by atoms with Crippen molar-refractivity contribution in [3.63, 3.8) is 0 Å². The van der Waals surface area contributed by atoms with Crippen molar-refractivity contribution in [2.24, 2.45) is 0 Å². The molecule has 0 amide bonds. The average molecular weight is 284 g/mol. The van der Waals surface area contributed by atoms with Crippen LogP contribution in [-0.4, -0.2) is 0 Å². The van der Waals surface area contributed by atoms with Gasteiger partial charge in [0.05, 0.1) is 5.56 Å². The predicted octanol–water partition coefficient (Wildman–Crippen LogP) is 5.10. The molecule has 0 aliphatic heterocycles. The first-order chi connectivity index (χ1) is 10.2. The molecular weight excluding hydrogens is 266 g/mol. The fraction of sp³-hybridized carbons (Fsp3) is 0.263. The lowest BCUT2D eigenvalue weighted by molar-refractivity contribution is 0.619. The van der Waals surface area contributed by atoms with Crippen LogP contribution >= 0.6 is 0 Å². The minimum atomic E-state index is -0.303. The third-order valence-electron chi connectivity index (χ3n) is 3.29. The van der Waals surface area contributed by atoms with Crippen molar-refractivity contribution in [2.45, 2.75) is 32.6 Å². The minimum Gasteiger partial charge on any atom is -0.207 e. The lowest BCUT2D eigenvalue weighted by Gasteiger charge is -2.02. The van der Waals surface area contributed by atoms with E-state index in [1.807, 2.05) is 6.07 Å². The molecule has 0 aliphatic carbocycles. The molecule has 0 heterocycles. The molecule has 0 aliphatic rings. The molecule has 0 radical (unpaired) electrons. The Balaban J connectivity index is 2.09. The van der Waals surface area contributed by atoms with Crippen LogP contribution in [0.4, 0.5) is 8.78 Å². The van der Waals surface area contributed by atoms with Crippen LogP contribution in [0, 0.1) is 23.5 Å². The Hall–Kier alpha value is -2.14. The number of halogens is 2. The van der Waals surface area contributed by atoms with Gasteiger partial charge in [-0.05, 0) is 54.8 Å². The van der Waals surface area contributed by atoms with E-state index in [9.17, 15) is 8.78 Å². The first kappa shape index (κ1) is 15.3. The highest BCUT2D eigenvalue weighted by molar-refractivity contribution is 5.44. The maximum Gasteiger partial charge on any atom is 0.139 e. The van der Waals surface area contributed by atoms with Crippen molar-refractivity contribution in [1.29, 1.82) is 0 Å². The number of benzene rings is 2. The molecule has 0 atom stereocenters. The zero-order valence-corrected chi connectivity index (χ0v) is 12.1. The summed E-state index contributed by atoms with van der Waals surface area (Å²) in [6.07, 6.45) is 4.30. The van der Waals surface area contributed by atoms with Crippen LogP contribution < -0.4 is 0 Å². The molecule has 2 aromatic rings. The number of rotatable bonds is 4. The van der Waals surface area contributed by atoms with Gasteiger partial charge in [0.25, 0.3) is 0 Å². The molecule has 0 unspecified atom stereocenters. The van der Waals surface area contributed by atoms with Crippen LogP contribution in [0.25, 0.3) is 0 Å². The normalized spacial score (nSPS) is 10.0. The van der Waals surface area contributed by atoms with Gasteiger partial charge in [-0.15, -0.1) is 0 Å². The maximum atomic E-state index is 14.0. The van der Waals surface area contributed by atoms with E-state index in [1.54, 1.807) is 24.3 Å². The Morgan fingerprint density at radius 3 is 2.33 bits per heavy atom. The first-order valence-electron chi connectivity index (χ1n) is 7.25. The standard InChI is InChI=1S/C19H18F2/c1-2-3-4-5-16-7-11-17(19(21)14-16)10-6-15-8-12-18(20)13-9-15/h7-9,11-14H,2-5H2,1H3. The molecule has 0 nitrogen and oxygen atoms in total. The molecule has 2 aromatic carbocycles. The topological polar surface area (TPSA) is 0 Å². The largest absolute Gasteiger partial charge is 0.207 e. The minimum absolute atomic E-state index is 0.293. The van der Waals surface area contributed by atoms with Crippen molar-refractivity contribution >= 4 is 0 Å². The van der Waals surface area contributed by atoms with E-state index in [2.05, 4.69) is 18.8 Å². The maximum absolute atomic E-state index is 14.0. The number of hydrogen-bond acceptors (Lipinski definition) is 0. The Labute approximate surface area is 124 Å². The van der Waals surface area contributed by atoms with Gasteiger partial charge < -0.3 is 0 Å². The van der Waals surface area contributed by atoms with E-state index in [1.165, 1.54) is 12.1 Å². The van der Waals surface area contributed by atoms with E-state index < -0.39 is 0 Å². The smallest absolute Gasteiger partial charge is 0.139 e. The summed E-state index contributed by atoms with van der Waals surface area (Å²) in [5.74, 6) is 5.04. The van der Waals surface area contributed by atoms with E-state index in [4.69, 9.17) is 0 Å². The second-order valence-corrected chi connectivity index (χ2v) is 5.03. The Kier molecular flexibility index (Phi) is 5.51. The predicted molar refractivity (Wildman–Crippen MR) is 82.0 cm³/mol. The van der Waals surface area contributed by atoms with E-state index in [-0.39, 0.29) is 11.6 Å². The Bertz CT molecular complexity index is 646. The summed E-state index contributed by atoms with van der Waals surface area (Å²) < 4.78 is 26.7. The van der Waals surface area contributed by atoms with Gasteiger partial charge in [-0.25, -0.2) is 8.78 Å². The van der Waals surface area contributed by atoms with Gasteiger partial charge in [0.15, 0.2) is 0 Å². The summed E-state index contributed by atoms with van der Waals surface area (Å²) in [6, 6.07) is 11.1. The summed E-state index contributed by atoms with van der Waals surface area (Å²) >= 11 is 0. The highest BCUT2D eigenvalue weighted by Gasteiger charge is 2.01. The SMILES string of the molecule is CCCCCc1ccc(C#Cc2ccc(F)cc2)c(F)c1. The molecule has 0 saturated carbocycles.